The van der Waals surface area contributed by atoms with E-state index < -0.39 is 0 Å². The minimum Gasteiger partial charge on any atom is -0.370 e. The van der Waals surface area contributed by atoms with E-state index in [0.717, 1.165) is 31.1 Å². The molecule has 0 unspecified atom stereocenters. The van der Waals surface area contributed by atoms with Gasteiger partial charge in [-0.05, 0) is 30.0 Å². The monoisotopic (exact) mass is 318 g/mol. The van der Waals surface area contributed by atoms with Crippen LogP contribution in [0.3, 0.4) is 0 Å². The van der Waals surface area contributed by atoms with E-state index in [2.05, 4.69) is 76.1 Å². The van der Waals surface area contributed by atoms with Crippen molar-refractivity contribution in [2.75, 3.05) is 17.2 Å². The number of nitrogens with zero attached hydrogens (tertiary/aromatic N) is 2. The third kappa shape index (κ3) is 4.56. The zero-order valence-electron chi connectivity index (χ0n) is 13.9. The molecular weight excluding hydrogens is 296 g/mol. The van der Waals surface area contributed by atoms with Gasteiger partial charge >= 0.3 is 0 Å². The summed E-state index contributed by atoms with van der Waals surface area (Å²) in [6.07, 6.45) is 2.56. The van der Waals surface area contributed by atoms with Gasteiger partial charge in [-0.25, -0.2) is 9.97 Å². The number of hydrogen-bond donors (Lipinski definition) is 2. The van der Waals surface area contributed by atoms with E-state index in [9.17, 15) is 0 Å². The first-order valence-electron chi connectivity index (χ1n) is 8.19. The Labute approximate surface area is 143 Å². The first-order chi connectivity index (χ1) is 11.8. The van der Waals surface area contributed by atoms with Crippen LogP contribution in [0, 0.1) is 6.92 Å². The van der Waals surface area contributed by atoms with Gasteiger partial charge in [0.05, 0.1) is 0 Å². The fourth-order valence-corrected chi connectivity index (χ4v) is 2.52. The Morgan fingerprint density at radius 1 is 0.833 bits per heavy atom. The quantitative estimate of drug-likeness (QED) is 0.690. The summed E-state index contributed by atoms with van der Waals surface area (Å²) in [5.41, 5.74) is 3.87. The molecule has 0 saturated carbocycles. The van der Waals surface area contributed by atoms with Crippen molar-refractivity contribution in [3.05, 3.63) is 83.7 Å². The Hall–Kier alpha value is -2.88. The maximum Gasteiger partial charge on any atom is 0.131 e. The van der Waals surface area contributed by atoms with Gasteiger partial charge in [0.2, 0.25) is 0 Å². The third-order valence-corrected chi connectivity index (χ3v) is 3.95. The molecule has 2 aromatic carbocycles. The van der Waals surface area contributed by atoms with Gasteiger partial charge in [0, 0.05) is 19.2 Å². The predicted molar refractivity (Wildman–Crippen MR) is 99.2 cm³/mol. The Bertz CT molecular complexity index is 771. The zero-order chi connectivity index (χ0) is 16.6. The van der Waals surface area contributed by atoms with Crippen molar-refractivity contribution >= 4 is 11.6 Å². The van der Waals surface area contributed by atoms with Crippen LogP contribution in [0.1, 0.15) is 16.7 Å². The van der Waals surface area contributed by atoms with Crippen LogP contribution in [0.5, 0.6) is 0 Å². The average Bonchev–Trinajstić information content (AvgIpc) is 2.62. The van der Waals surface area contributed by atoms with E-state index in [0.29, 0.717) is 0 Å². The zero-order valence-corrected chi connectivity index (χ0v) is 13.9. The summed E-state index contributed by atoms with van der Waals surface area (Å²) in [5.74, 6) is 1.67. The molecule has 0 amide bonds. The van der Waals surface area contributed by atoms with Crippen molar-refractivity contribution in [3.63, 3.8) is 0 Å². The summed E-state index contributed by atoms with van der Waals surface area (Å²) in [6.45, 7) is 3.72. The molecule has 122 valence electrons. The maximum atomic E-state index is 4.29. The molecule has 2 N–H and O–H groups in total. The lowest BCUT2D eigenvalue weighted by molar-refractivity contribution is 0.995. The molecule has 3 rings (SSSR count). The van der Waals surface area contributed by atoms with Gasteiger partial charge in [-0.1, -0.05) is 54.6 Å². The topological polar surface area (TPSA) is 49.8 Å². The lowest BCUT2D eigenvalue weighted by Crippen LogP contribution is -2.08. The molecule has 0 bridgehead atoms. The van der Waals surface area contributed by atoms with E-state index in [1.54, 1.807) is 6.33 Å². The molecule has 0 fully saturated rings. The van der Waals surface area contributed by atoms with Crippen LogP contribution < -0.4 is 10.6 Å². The average molecular weight is 318 g/mol. The molecule has 0 saturated heterocycles. The molecule has 0 aliphatic carbocycles. The lowest BCUT2D eigenvalue weighted by atomic mass is 10.1. The molecule has 0 atom stereocenters. The van der Waals surface area contributed by atoms with Crippen molar-refractivity contribution in [2.24, 2.45) is 0 Å². The van der Waals surface area contributed by atoms with Crippen molar-refractivity contribution in [1.29, 1.82) is 0 Å². The van der Waals surface area contributed by atoms with Gasteiger partial charge in [0.25, 0.3) is 0 Å². The summed E-state index contributed by atoms with van der Waals surface area (Å²) in [6, 6.07) is 20.7. The highest BCUT2D eigenvalue weighted by Gasteiger charge is 2.01. The molecule has 0 spiro atoms. The van der Waals surface area contributed by atoms with Crippen molar-refractivity contribution in [3.8, 4) is 0 Å². The van der Waals surface area contributed by atoms with E-state index >= 15 is 0 Å². The standard InChI is InChI=1S/C20H22N4/c1-16-7-5-6-10-18(16)14-22-20-13-19(23-15-24-20)21-12-11-17-8-3-2-4-9-17/h2-10,13,15H,11-12,14H2,1H3,(H2,21,22,23,24). The molecule has 24 heavy (non-hydrogen) atoms. The number of aromatic nitrogens is 2. The van der Waals surface area contributed by atoms with E-state index in [1.165, 1.54) is 16.7 Å². The number of benzene rings is 2. The lowest BCUT2D eigenvalue weighted by Gasteiger charge is -2.10. The van der Waals surface area contributed by atoms with Crippen LogP contribution in [0.25, 0.3) is 0 Å². The number of rotatable bonds is 7. The molecule has 3 aromatic rings. The summed E-state index contributed by atoms with van der Waals surface area (Å²) < 4.78 is 0. The molecule has 1 heterocycles. The Morgan fingerprint density at radius 2 is 1.54 bits per heavy atom. The molecule has 1 aromatic heterocycles. The van der Waals surface area contributed by atoms with Crippen LogP contribution in [0.4, 0.5) is 11.6 Å². The summed E-state index contributed by atoms with van der Waals surface area (Å²) in [4.78, 5) is 8.57. The Kier molecular flexibility index (Phi) is 5.40. The van der Waals surface area contributed by atoms with Crippen LogP contribution in [-0.4, -0.2) is 16.5 Å². The minimum atomic E-state index is 0.757. The molecule has 0 aliphatic rings. The Morgan fingerprint density at radius 3 is 2.33 bits per heavy atom. The molecule has 0 radical (unpaired) electrons. The van der Waals surface area contributed by atoms with Gasteiger partial charge in [0.15, 0.2) is 0 Å². The van der Waals surface area contributed by atoms with Crippen LogP contribution in [0.15, 0.2) is 67.0 Å². The SMILES string of the molecule is Cc1ccccc1CNc1cc(NCCc2ccccc2)ncn1. The smallest absolute Gasteiger partial charge is 0.131 e. The molecular formula is C20H22N4. The third-order valence-electron chi connectivity index (χ3n) is 3.95. The summed E-state index contributed by atoms with van der Waals surface area (Å²) in [7, 11) is 0. The fraction of sp³-hybridized carbons (Fsp3) is 0.200. The number of aryl methyl sites for hydroxylation is 1. The van der Waals surface area contributed by atoms with Gasteiger partial charge in [-0.3, -0.25) is 0 Å². The molecule has 4 nitrogen and oxygen atoms in total. The van der Waals surface area contributed by atoms with Crippen molar-refractivity contribution in [1.82, 2.24) is 9.97 Å². The van der Waals surface area contributed by atoms with Crippen LogP contribution in [0.2, 0.25) is 0 Å². The first-order valence-corrected chi connectivity index (χ1v) is 8.19. The highest BCUT2D eigenvalue weighted by atomic mass is 15.1. The summed E-state index contributed by atoms with van der Waals surface area (Å²) >= 11 is 0. The highest BCUT2D eigenvalue weighted by molar-refractivity contribution is 5.47. The fourth-order valence-electron chi connectivity index (χ4n) is 2.52. The number of nitrogens with one attached hydrogen (secondary N) is 2. The first kappa shape index (κ1) is 16.0. The van der Waals surface area contributed by atoms with Crippen LogP contribution in [-0.2, 0) is 13.0 Å². The van der Waals surface area contributed by atoms with Crippen molar-refractivity contribution in [2.45, 2.75) is 19.9 Å². The normalized spacial score (nSPS) is 10.4. The van der Waals surface area contributed by atoms with Crippen molar-refractivity contribution < 1.29 is 0 Å². The van der Waals surface area contributed by atoms with E-state index in [4.69, 9.17) is 0 Å². The maximum absolute atomic E-state index is 4.29. The molecule has 0 aliphatic heterocycles. The van der Waals surface area contributed by atoms with E-state index in [-0.39, 0.29) is 0 Å². The van der Waals surface area contributed by atoms with Gasteiger partial charge < -0.3 is 10.6 Å². The number of anilines is 2. The minimum absolute atomic E-state index is 0.757. The largest absolute Gasteiger partial charge is 0.370 e. The predicted octanol–water partition coefficient (Wildman–Crippen LogP) is 4.05. The summed E-state index contributed by atoms with van der Waals surface area (Å²) in [5, 5.41) is 6.71. The second-order valence-corrected chi connectivity index (χ2v) is 5.73. The van der Waals surface area contributed by atoms with Crippen LogP contribution >= 0.6 is 0 Å². The second kappa shape index (κ2) is 8.11. The van der Waals surface area contributed by atoms with Gasteiger partial charge in [-0.2, -0.15) is 0 Å². The molecule has 4 heteroatoms. The second-order valence-electron chi connectivity index (χ2n) is 5.73. The van der Waals surface area contributed by atoms with Gasteiger partial charge in [0.1, 0.15) is 18.0 Å². The van der Waals surface area contributed by atoms with Gasteiger partial charge in [-0.15, -0.1) is 0 Å². The Balaban J connectivity index is 1.53. The number of hydrogen-bond acceptors (Lipinski definition) is 4. The highest BCUT2D eigenvalue weighted by Crippen LogP contribution is 2.12. The van der Waals surface area contributed by atoms with E-state index in [1.807, 2.05) is 12.1 Å².